The van der Waals surface area contributed by atoms with Crippen molar-refractivity contribution in [2.45, 2.75) is 39.9 Å². The fourth-order valence-electron chi connectivity index (χ4n) is 2.86. The van der Waals surface area contributed by atoms with Crippen molar-refractivity contribution >= 4 is 50.9 Å². The first-order valence-corrected chi connectivity index (χ1v) is 11.6. The van der Waals surface area contributed by atoms with Gasteiger partial charge in [-0.3, -0.25) is 19.3 Å². The van der Waals surface area contributed by atoms with Gasteiger partial charge in [-0.05, 0) is 84.7 Å². The second-order valence-electron chi connectivity index (χ2n) is 8.32. The molecule has 32 heavy (non-hydrogen) atoms. The largest absolute Gasteiger partial charge is 0.488 e. The van der Waals surface area contributed by atoms with Gasteiger partial charge in [0.25, 0.3) is 11.1 Å². The lowest BCUT2D eigenvalue weighted by Crippen LogP contribution is -2.37. The van der Waals surface area contributed by atoms with E-state index >= 15 is 0 Å². The molecule has 1 heterocycles. The molecule has 0 aliphatic carbocycles. The Bertz CT molecular complexity index is 1070. The molecule has 3 rings (SSSR count). The number of benzene rings is 2. The van der Waals surface area contributed by atoms with Crippen LogP contribution in [0.2, 0.25) is 0 Å². The molecule has 1 saturated heterocycles. The topological polar surface area (TPSA) is 72.9 Å². The maximum absolute atomic E-state index is 12.6. The maximum Gasteiger partial charge on any atom is 0.326 e. The van der Waals surface area contributed by atoms with Crippen molar-refractivity contribution in [3.05, 3.63) is 68.5 Å². The summed E-state index contributed by atoms with van der Waals surface area (Å²) in [6.07, 6.45) is 1.62. The van der Waals surface area contributed by atoms with Crippen molar-refractivity contribution in [3.63, 3.8) is 0 Å². The summed E-state index contributed by atoms with van der Waals surface area (Å²) in [5.41, 5.74) is 2.28. The van der Waals surface area contributed by atoms with E-state index in [1.807, 2.05) is 37.3 Å². The van der Waals surface area contributed by atoms with Crippen molar-refractivity contribution in [2.75, 3.05) is 6.54 Å². The molecule has 2 aromatic carbocycles. The number of esters is 1. The van der Waals surface area contributed by atoms with Gasteiger partial charge in [-0.25, -0.2) is 0 Å². The first-order valence-electron chi connectivity index (χ1n) is 9.97. The zero-order valence-corrected chi connectivity index (χ0v) is 20.7. The molecule has 2 aromatic rings. The minimum absolute atomic E-state index is 0.249. The Hall–Kier alpha value is -2.58. The van der Waals surface area contributed by atoms with E-state index in [2.05, 4.69) is 15.9 Å². The van der Waals surface area contributed by atoms with Gasteiger partial charge in [0, 0.05) is 0 Å². The molecule has 0 spiro atoms. The summed E-state index contributed by atoms with van der Waals surface area (Å²) in [5, 5.41) is -0.496. The Morgan fingerprint density at radius 2 is 1.81 bits per heavy atom. The van der Waals surface area contributed by atoms with E-state index in [0.29, 0.717) is 12.4 Å². The number of ether oxygens (including phenoxy) is 2. The van der Waals surface area contributed by atoms with Gasteiger partial charge in [-0.15, -0.1) is 0 Å². The fourth-order valence-corrected chi connectivity index (χ4v) is 4.21. The third-order valence-electron chi connectivity index (χ3n) is 4.35. The Labute approximate surface area is 200 Å². The third-order valence-corrected chi connectivity index (χ3v) is 5.88. The maximum atomic E-state index is 12.6. The molecule has 1 aliphatic heterocycles. The van der Waals surface area contributed by atoms with Gasteiger partial charge in [0.1, 0.15) is 24.5 Å². The Morgan fingerprint density at radius 1 is 1.12 bits per heavy atom. The van der Waals surface area contributed by atoms with Crippen molar-refractivity contribution in [1.29, 1.82) is 0 Å². The summed E-state index contributed by atoms with van der Waals surface area (Å²) in [5.74, 6) is -0.471. The van der Waals surface area contributed by atoms with E-state index < -0.39 is 29.3 Å². The average Bonchev–Trinajstić information content (AvgIpc) is 2.94. The number of carbonyl (C=O) groups is 3. The first-order chi connectivity index (χ1) is 15.0. The van der Waals surface area contributed by atoms with Crippen LogP contribution in [-0.4, -0.2) is 34.2 Å². The number of rotatable bonds is 6. The highest BCUT2D eigenvalue weighted by atomic mass is 79.9. The molecule has 0 atom stereocenters. The standard InChI is InChI=1S/C24H24BrNO5S/c1-15-5-7-16(8-6-15)14-30-19-10-9-17(11-18(19)25)12-20-22(28)26(23(29)32-20)13-21(27)31-24(2,3)4/h5-12H,13-14H2,1-4H3. The number of imide groups is 1. The molecule has 0 bridgehead atoms. The molecule has 0 saturated carbocycles. The van der Waals surface area contributed by atoms with Gasteiger partial charge in [0.2, 0.25) is 0 Å². The molecule has 1 fully saturated rings. The summed E-state index contributed by atoms with van der Waals surface area (Å²) in [7, 11) is 0. The van der Waals surface area contributed by atoms with Crippen molar-refractivity contribution in [3.8, 4) is 5.75 Å². The second-order valence-corrected chi connectivity index (χ2v) is 10.2. The molecule has 6 nitrogen and oxygen atoms in total. The third kappa shape index (κ3) is 6.46. The van der Waals surface area contributed by atoms with Crippen LogP contribution in [0, 0.1) is 6.92 Å². The molecular formula is C24H24BrNO5S. The predicted molar refractivity (Wildman–Crippen MR) is 128 cm³/mol. The van der Waals surface area contributed by atoms with Crippen LogP contribution in [0.5, 0.6) is 5.75 Å². The molecule has 1 aliphatic rings. The number of hydrogen-bond acceptors (Lipinski definition) is 6. The van der Waals surface area contributed by atoms with Gasteiger partial charge in [0.05, 0.1) is 9.38 Å². The van der Waals surface area contributed by atoms with Crippen LogP contribution < -0.4 is 4.74 Å². The lowest BCUT2D eigenvalue weighted by atomic mass is 10.1. The fraction of sp³-hybridized carbons (Fsp3) is 0.292. The Balaban J connectivity index is 1.66. The quantitative estimate of drug-likeness (QED) is 0.360. The van der Waals surface area contributed by atoms with E-state index in [1.54, 1.807) is 39.0 Å². The molecule has 0 N–H and O–H groups in total. The van der Waals surface area contributed by atoms with Crippen molar-refractivity contribution in [2.24, 2.45) is 0 Å². The van der Waals surface area contributed by atoms with Crippen LogP contribution in [0.15, 0.2) is 51.8 Å². The summed E-state index contributed by atoms with van der Waals surface area (Å²) in [6.45, 7) is 7.24. The lowest BCUT2D eigenvalue weighted by Gasteiger charge is -2.21. The number of halogens is 1. The minimum Gasteiger partial charge on any atom is -0.488 e. The smallest absolute Gasteiger partial charge is 0.326 e. The minimum atomic E-state index is -0.690. The van der Waals surface area contributed by atoms with Gasteiger partial charge < -0.3 is 9.47 Å². The van der Waals surface area contributed by atoms with Gasteiger partial charge in [-0.1, -0.05) is 35.9 Å². The second kappa shape index (κ2) is 9.92. The highest BCUT2D eigenvalue weighted by Crippen LogP contribution is 2.34. The summed E-state index contributed by atoms with van der Waals surface area (Å²) in [4.78, 5) is 38.0. The van der Waals surface area contributed by atoms with E-state index in [4.69, 9.17) is 9.47 Å². The number of nitrogens with zero attached hydrogens (tertiary/aromatic N) is 1. The highest BCUT2D eigenvalue weighted by Gasteiger charge is 2.37. The van der Waals surface area contributed by atoms with Gasteiger partial charge in [0.15, 0.2) is 0 Å². The van der Waals surface area contributed by atoms with Gasteiger partial charge in [-0.2, -0.15) is 0 Å². The summed E-state index contributed by atoms with van der Waals surface area (Å²) in [6, 6.07) is 13.5. The van der Waals surface area contributed by atoms with Gasteiger partial charge >= 0.3 is 5.97 Å². The Kier molecular flexibility index (Phi) is 7.46. The number of carbonyl (C=O) groups excluding carboxylic acids is 3. The molecule has 8 heteroatoms. The zero-order chi connectivity index (χ0) is 23.5. The first kappa shape index (κ1) is 24.1. The van der Waals surface area contributed by atoms with Crippen LogP contribution in [0.3, 0.4) is 0 Å². The zero-order valence-electron chi connectivity index (χ0n) is 18.3. The average molecular weight is 518 g/mol. The normalized spacial score (nSPS) is 15.4. The van der Waals surface area contributed by atoms with Crippen LogP contribution in [0.25, 0.3) is 6.08 Å². The number of amides is 2. The predicted octanol–water partition coefficient (Wildman–Crippen LogP) is 5.71. The van der Waals surface area contributed by atoms with Crippen molar-refractivity contribution in [1.82, 2.24) is 4.90 Å². The summed E-state index contributed by atoms with van der Waals surface area (Å²) < 4.78 is 11.8. The molecule has 0 radical (unpaired) electrons. The van der Waals surface area contributed by atoms with E-state index in [0.717, 1.165) is 32.3 Å². The van der Waals surface area contributed by atoms with E-state index in [1.165, 1.54) is 5.56 Å². The molecular weight excluding hydrogens is 494 g/mol. The van der Waals surface area contributed by atoms with E-state index in [-0.39, 0.29) is 4.91 Å². The van der Waals surface area contributed by atoms with Crippen LogP contribution in [0.1, 0.15) is 37.5 Å². The SMILES string of the molecule is Cc1ccc(COc2ccc(C=C3SC(=O)N(CC(=O)OC(C)(C)C)C3=O)cc2Br)cc1. The lowest BCUT2D eigenvalue weighted by molar-refractivity contribution is -0.156. The number of thioether (sulfide) groups is 1. The Morgan fingerprint density at radius 3 is 2.44 bits per heavy atom. The molecule has 0 aromatic heterocycles. The number of hydrogen-bond donors (Lipinski definition) is 0. The van der Waals surface area contributed by atoms with Crippen molar-refractivity contribution < 1.29 is 23.9 Å². The monoisotopic (exact) mass is 517 g/mol. The molecule has 168 valence electrons. The van der Waals surface area contributed by atoms with Crippen LogP contribution >= 0.6 is 27.7 Å². The summed E-state index contributed by atoms with van der Waals surface area (Å²) >= 11 is 4.30. The number of aryl methyl sites for hydroxylation is 1. The highest BCUT2D eigenvalue weighted by molar-refractivity contribution is 9.10. The van der Waals surface area contributed by atoms with Crippen LogP contribution in [0.4, 0.5) is 4.79 Å². The molecule has 2 amide bonds. The van der Waals surface area contributed by atoms with E-state index in [9.17, 15) is 14.4 Å². The molecule has 0 unspecified atom stereocenters. The van der Waals surface area contributed by atoms with Crippen LogP contribution in [-0.2, 0) is 20.9 Å².